The smallest absolute Gasteiger partial charge is 0.419 e. The molecule has 0 radical (unpaired) electrons. The van der Waals surface area contributed by atoms with Crippen LogP contribution in [-0.4, -0.2) is 163 Å². The first-order chi connectivity index (χ1) is 40.9. The number of likely N-dealkylation sites (N-methyl/N-ethyl adjacent to an activating group) is 4. The summed E-state index contributed by atoms with van der Waals surface area (Å²) in [6.07, 6.45) is -13.9. The highest BCUT2D eigenvalue weighted by molar-refractivity contribution is 5.94. The molecule has 5 rings (SSSR count). The van der Waals surface area contributed by atoms with Gasteiger partial charge in [-0.3, -0.25) is 28.5 Å². The molecule has 4 amide bonds. The summed E-state index contributed by atoms with van der Waals surface area (Å²) in [4.78, 5) is 122. The molecular weight excluding hydrogens is 1160 g/mol. The number of alkyl halides is 6. The average Bonchev–Trinajstić information content (AvgIpc) is 4.27. The average molecular weight is 1250 g/mol. The predicted octanol–water partition coefficient (Wildman–Crippen LogP) is 8.19. The van der Waals surface area contributed by atoms with Crippen molar-refractivity contribution in [3.8, 4) is 0 Å². The summed E-state index contributed by atoms with van der Waals surface area (Å²) < 4.78 is 107. The van der Waals surface area contributed by atoms with Crippen LogP contribution in [0.1, 0.15) is 128 Å². The Morgan fingerprint density at radius 1 is 0.432 bits per heavy atom. The largest absolute Gasteiger partial charge is 0.451 e. The Morgan fingerprint density at radius 2 is 0.705 bits per heavy atom. The number of ether oxygens (including phenoxy) is 4. The van der Waals surface area contributed by atoms with Gasteiger partial charge in [-0.1, -0.05) is 104 Å². The van der Waals surface area contributed by atoms with Crippen molar-refractivity contribution in [2.45, 2.75) is 182 Å². The first-order valence-corrected chi connectivity index (χ1v) is 29.2. The molecule has 8 atom stereocenters. The molecule has 1 fully saturated rings. The second-order valence-electron chi connectivity index (χ2n) is 24.3. The van der Waals surface area contributed by atoms with E-state index in [1.165, 1.54) is 42.0 Å². The van der Waals surface area contributed by atoms with Gasteiger partial charge in [-0.15, -0.1) is 0 Å². The van der Waals surface area contributed by atoms with Gasteiger partial charge >= 0.3 is 36.2 Å². The minimum Gasteiger partial charge on any atom is -0.451 e. The van der Waals surface area contributed by atoms with Gasteiger partial charge in [-0.25, -0.2) is 19.2 Å². The molecular formula is C62H82F6N8O12. The number of amides is 4. The van der Waals surface area contributed by atoms with E-state index in [-0.39, 0.29) is 75.3 Å². The fourth-order valence-corrected chi connectivity index (χ4v) is 10.2. The van der Waals surface area contributed by atoms with Crippen molar-refractivity contribution in [2.75, 3.05) is 28.2 Å². The molecule has 1 saturated heterocycles. The molecule has 0 N–H and O–H groups in total. The fourth-order valence-electron chi connectivity index (χ4n) is 10.2. The van der Waals surface area contributed by atoms with Crippen molar-refractivity contribution in [3.63, 3.8) is 0 Å². The Labute approximate surface area is 509 Å². The van der Waals surface area contributed by atoms with Gasteiger partial charge in [0.2, 0.25) is 0 Å². The third-order valence-corrected chi connectivity index (χ3v) is 14.9. The lowest BCUT2D eigenvalue weighted by Gasteiger charge is -2.35. The molecule has 0 aliphatic carbocycles. The van der Waals surface area contributed by atoms with Gasteiger partial charge in [0.25, 0.3) is 23.6 Å². The molecule has 26 heteroatoms. The molecule has 88 heavy (non-hydrogen) atoms. The van der Waals surface area contributed by atoms with Crippen LogP contribution in [-0.2, 0) is 95.6 Å². The van der Waals surface area contributed by atoms with Crippen LogP contribution in [0.5, 0.6) is 0 Å². The zero-order valence-corrected chi connectivity index (χ0v) is 52.3. The summed E-state index contributed by atoms with van der Waals surface area (Å²) in [5.74, 6) is -9.04. The van der Waals surface area contributed by atoms with Crippen molar-refractivity contribution in [3.05, 3.63) is 107 Å². The first-order valence-electron chi connectivity index (χ1n) is 29.2. The molecule has 484 valence electrons. The quantitative estimate of drug-likeness (QED) is 0.0586. The van der Waals surface area contributed by atoms with E-state index in [4.69, 9.17) is 18.9 Å². The third-order valence-electron chi connectivity index (χ3n) is 14.9. The van der Waals surface area contributed by atoms with Crippen LogP contribution < -0.4 is 0 Å². The van der Waals surface area contributed by atoms with Gasteiger partial charge in [0, 0.05) is 53.4 Å². The van der Waals surface area contributed by atoms with Crippen molar-refractivity contribution in [1.29, 1.82) is 0 Å². The predicted molar refractivity (Wildman–Crippen MR) is 308 cm³/mol. The Balaban J connectivity index is 1.61. The summed E-state index contributed by atoms with van der Waals surface area (Å²) in [6.45, 7) is 16.4. The number of carbonyl (C=O) groups is 8. The van der Waals surface area contributed by atoms with E-state index in [0.717, 1.165) is 41.4 Å². The summed E-state index contributed by atoms with van der Waals surface area (Å²) in [6, 6.07) is 7.00. The molecule has 0 bridgehead atoms. The number of rotatable bonds is 16. The number of cyclic esters (lactones) is 4. The van der Waals surface area contributed by atoms with Gasteiger partial charge in [0.1, 0.15) is 24.2 Å². The number of hydrogen-bond donors (Lipinski definition) is 0. The van der Waals surface area contributed by atoms with E-state index in [2.05, 4.69) is 10.2 Å². The maximum absolute atomic E-state index is 15.1. The van der Waals surface area contributed by atoms with E-state index in [1.807, 2.05) is 0 Å². The lowest BCUT2D eigenvalue weighted by molar-refractivity contribution is -0.176. The highest BCUT2D eigenvalue weighted by Gasteiger charge is 2.43. The van der Waals surface area contributed by atoms with Crippen LogP contribution in [0.3, 0.4) is 0 Å². The van der Waals surface area contributed by atoms with Crippen LogP contribution in [0.25, 0.3) is 0 Å². The lowest BCUT2D eigenvalue weighted by atomic mass is 9.99. The number of carbonyl (C=O) groups excluding carboxylic acids is 8. The van der Waals surface area contributed by atoms with E-state index in [9.17, 15) is 55.1 Å². The monoisotopic (exact) mass is 1240 g/mol. The zero-order valence-electron chi connectivity index (χ0n) is 52.3. The summed E-state index contributed by atoms with van der Waals surface area (Å²) >= 11 is 0. The Hall–Kier alpha value is -7.80. The van der Waals surface area contributed by atoms with Gasteiger partial charge in [0.05, 0.1) is 36.6 Å². The SMILES string of the molecule is CC(C)C[C@H]1C(=O)O[C@H](Cc2cccc(Cn3cc(C(F)(F)F)cn3)c2)C(=O)N(C)[C@@H](CC(C)C)C(=O)O[C@H](C)C(=O)N(C)[C@@H](CC(C)C)C(=O)O[C@H](Cc2cccc(Cn3cc(C(F)(F)F)cn3)c2)C(=O)N(C)[C@@H](CC(C)C)C(=O)O[C@H](C)C(=O)N1C. The molecule has 0 spiro atoms. The van der Waals surface area contributed by atoms with E-state index in [0.29, 0.717) is 34.6 Å². The molecule has 1 aliphatic rings. The molecule has 2 aromatic heterocycles. The molecule has 0 unspecified atom stereocenters. The van der Waals surface area contributed by atoms with Crippen molar-refractivity contribution in [1.82, 2.24) is 39.2 Å². The van der Waals surface area contributed by atoms with E-state index < -0.39 is 120 Å². The number of nitrogens with zero attached hydrogens (tertiary/aromatic N) is 8. The number of aromatic nitrogens is 4. The van der Waals surface area contributed by atoms with Gasteiger partial charge in [-0.2, -0.15) is 36.5 Å². The summed E-state index contributed by atoms with van der Waals surface area (Å²) in [5, 5.41) is 7.68. The van der Waals surface area contributed by atoms with E-state index in [1.54, 1.807) is 104 Å². The molecule has 0 saturated carbocycles. The van der Waals surface area contributed by atoms with Gasteiger partial charge < -0.3 is 38.5 Å². The van der Waals surface area contributed by atoms with Crippen LogP contribution in [0.2, 0.25) is 0 Å². The number of halogens is 6. The second-order valence-corrected chi connectivity index (χ2v) is 24.3. The van der Waals surface area contributed by atoms with Gasteiger partial charge in [-0.05, 0) is 85.5 Å². The fraction of sp³-hybridized carbons (Fsp3) is 0.581. The maximum atomic E-state index is 15.1. The first kappa shape index (κ1) is 71.0. The van der Waals surface area contributed by atoms with Crippen LogP contribution in [0.15, 0.2) is 73.3 Å². The van der Waals surface area contributed by atoms with Crippen LogP contribution >= 0.6 is 0 Å². The summed E-state index contributed by atoms with van der Waals surface area (Å²) in [7, 11) is 5.12. The molecule has 20 nitrogen and oxygen atoms in total. The molecule has 3 heterocycles. The summed E-state index contributed by atoms with van der Waals surface area (Å²) in [5.41, 5.74) is -0.281. The topological polar surface area (TPSA) is 222 Å². The Bertz CT molecular complexity index is 2870. The lowest BCUT2D eigenvalue weighted by Crippen LogP contribution is -2.55. The highest BCUT2D eigenvalue weighted by Crippen LogP contribution is 2.31. The molecule has 4 aromatic rings. The van der Waals surface area contributed by atoms with E-state index >= 15 is 9.59 Å². The van der Waals surface area contributed by atoms with Crippen molar-refractivity contribution in [2.24, 2.45) is 23.7 Å². The van der Waals surface area contributed by atoms with Crippen LogP contribution in [0, 0.1) is 23.7 Å². The minimum atomic E-state index is -4.65. The van der Waals surface area contributed by atoms with Crippen molar-refractivity contribution >= 4 is 47.5 Å². The van der Waals surface area contributed by atoms with Crippen molar-refractivity contribution < 1.29 is 83.6 Å². The highest BCUT2D eigenvalue weighted by atomic mass is 19.4. The standard InChI is InChI=1S/C62H82F6N8O12/c1-35(2)21-47-57(81)85-39(9)53(77)71(11)50(24-38(7)8)60(84)88-52(28-42-18-16-20-44(26-42)32-76-34-46(30-70-76)62(66,67)68)56(80)74(14)48(22-36(3)4)58(82)86-40(10)54(78)72(12)49(23-37(5)6)59(83)87-51(55(79)73(47)13)27-41-17-15-19-43(25-41)31-75-33-45(29-69-75)61(63,64)65/h15-20,25-26,29-30,33-40,47-52H,21-24,27-28,31-32H2,1-14H3/t39-,40-,47+,48+,49+,50+,51-,52-/m1/s1. The number of esters is 4. The maximum Gasteiger partial charge on any atom is 0.419 e. The normalized spacial score (nSPS) is 22.6. The third kappa shape index (κ3) is 19.6. The Morgan fingerprint density at radius 3 is 0.977 bits per heavy atom. The Kier molecular flexibility index (Phi) is 24.5. The van der Waals surface area contributed by atoms with Gasteiger partial charge in [0.15, 0.2) is 24.4 Å². The van der Waals surface area contributed by atoms with Crippen LogP contribution in [0.4, 0.5) is 26.3 Å². The molecule has 1 aliphatic heterocycles. The molecule has 2 aromatic carbocycles. The number of benzene rings is 2. The second kappa shape index (κ2) is 30.4. The number of hydrogen-bond acceptors (Lipinski definition) is 14. The minimum absolute atomic E-state index is 0.0447. The zero-order chi connectivity index (χ0) is 65.9.